The molecule has 0 unspecified atom stereocenters. The summed E-state index contributed by atoms with van der Waals surface area (Å²) >= 11 is 0. The molecule has 0 amide bonds. The summed E-state index contributed by atoms with van der Waals surface area (Å²) in [7, 11) is 1.61. The van der Waals surface area contributed by atoms with Gasteiger partial charge in [-0.1, -0.05) is 0 Å². The number of H-pyrrole nitrogens is 1. The third-order valence-electron chi connectivity index (χ3n) is 7.64. The SMILES string of the molecule is COc1cc(-c2nc3cc(O)ccc3[nH]2)cc(C23CC4CC(CC(C4)C2)C3)c1O. The summed E-state index contributed by atoms with van der Waals surface area (Å²) in [6.45, 7) is 0. The highest BCUT2D eigenvalue weighted by Crippen LogP contribution is 2.62. The predicted octanol–water partition coefficient (Wildman–Crippen LogP) is 5.12. The van der Waals surface area contributed by atoms with Crippen LogP contribution in [0.1, 0.15) is 44.1 Å². The molecule has 4 saturated carbocycles. The molecule has 3 N–H and O–H groups in total. The number of hydrogen-bond acceptors (Lipinski definition) is 4. The molecule has 1 aromatic heterocycles. The van der Waals surface area contributed by atoms with Crippen molar-refractivity contribution in [3.63, 3.8) is 0 Å². The molecule has 0 spiro atoms. The van der Waals surface area contributed by atoms with Crippen molar-refractivity contribution >= 4 is 11.0 Å². The summed E-state index contributed by atoms with van der Waals surface area (Å²) in [5.74, 6) is 4.13. The molecule has 0 atom stereocenters. The van der Waals surface area contributed by atoms with Crippen molar-refractivity contribution in [3.8, 4) is 28.6 Å². The summed E-state index contributed by atoms with van der Waals surface area (Å²) < 4.78 is 5.57. The summed E-state index contributed by atoms with van der Waals surface area (Å²) in [6.07, 6.45) is 7.62. The van der Waals surface area contributed by atoms with Gasteiger partial charge in [0.15, 0.2) is 11.5 Å². The Labute approximate surface area is 169 Å². The number of nitrogens with zero attached hydrogens (tertiary/aromatic N) is 1. The molecule has 4 aliphatic rings. The van der Waals surface area contributed by atoms with Crippen LogP contribution in [0.5, 0.6) is 17.2 Å². The molecule has 4 aliphatic carbocycles. The second-order valence-electron chi connectivity index (χ2n) is 9.56. The highest BCUT2D eigenvalue weighted by molar-refractivity contribution is 5.81. The molecule has 1 heterocycles. The Morgan fingerprint density at radius 1 is 1.00 bits per heavy atom. The molecule has 5 nitrogen and oxygen atoms in total. The largest absolute Gasteiger partial charge is 0.508 e. The lowest BCUT2D eigenvalue weighted by Gasteiger charge is -2.57. The molecule has 4 bridgehead atoms. The van der Waals surface area contributed by atoms with Crippen LogP contribution in [0.4, 0.5) is 0 Å². The number of phenolic OH excluding ortho intramolecular Hbond substituents is 2. The van der Waals surface area contributed by atoms with Gasteiger partial charge in [0.05, 0.1) is 18.1 Å². The number of aromatic hydroxyl groups is 2. The minimum Gasteiger partial charge on any atom is -0.508 e. The van der Waals surface area contributed by atoms with E-state index in [1.54, 1.807) is 19.2 Å². The lowest BCUT2D eigenvalue weighted by molar-refractivity contribution is -0.00624. The van der Waals surface area contributed by atoms with Crippen LogP contribution < -0.4 is 4.74 Å². The van der Waals surface area contributed by atoms with E-state index in [4.69, 9.17) is 4.74 Å². The molecule has 29 heavy (non-hydrogen) atoms. The van der Waals surface area contributed by atoms with Crippen LogP contribution in [-0.2, 0) is 5.41 Å². The third kappa shape index (κ3) is 2.56. The molecular weight excluding hydrogens is 364 g/mol. The third-order valence-corrected chi connectivity index (χ3v) is 7.64. The minimum absolute atomic E-state index is 0.0619. The fourth-order valence-electron chi connectivity index (χ4n) is 6.88. The first kappa shape index (κ1) is 17.2. The van der Waals surface area contributed by atoms with Gasteiger partial charge in [-0.2, -0.15) is 0 Å². The second kappa shape index (κ2) is 5.91. The smallest absolute Gasteiger partial charge is 0.161 e. The lowest BCUT2D eigenvalue weighted by Crippen LogP contribution is -2.48. The van der Waals surface area contributed by atoms with Crippen molar-refractivity contribution in [2.75, 3.05) is 7.11 Å². The van der Waals surface area contributed by atoms with E-state index in [0.29, 0.717) is 11.5 Å². The zero-order valence-corrected chi connectivity index (χ0v) is 16.6. The van der Waals surface area contributed by atoms with Gasteiger partial charge in [-0.15, -0.1) is 0 Å². The van der Waals surface area contributed by atoms with Gasteiger partial charge in [-0.05, 0) is 86.0 Å². The molecule has 0 saturated heterocycles. The number of benzene rings is 2. The van der Waals surface area contributed by atoms with Crippen LogP contribution in [0.3, 0.4) is 0 Å². The maximum Gasteiger partial charge on any atom is 0.161 e. The highest BCUT2D eigenvalue weighted by Gasteiger charge is 2.52. The Hall–Kier alpha value is -2.69. The van der Waals surface area contributed by atoms with Crippen molar-refractivity contribution in [2.45, 2.75) is 43.9 Å². The van der Waals surface area contributed by atoms with E-state index >= 15 is 0 Å². The molecule has 2 aromatic carbocycles. The molecule has 4 fully saturated rings. The van der Waals surface area contributed by atoms with E-state index in [1.807, 2.05) is 12.1 Å². The molecule has 3 aromatic rings. The predicted molar refractivity (Wildman–Crippen MR) is 111 cm³/mol. The average molecular weight is 390 g/mol. The number of phenols is 2. The Bertz CT molecular complexity index is 1080. The van der Waals surface area contributed by atoms with Crippen LogP contribution in [0.15, 0.2) is 30.3 Å². The number of imidazole rings is 1. The van der Waals surface area contributed by atoms with Gasteiger partial charge in [-0.3, -0.25) is 0 Å². The number of ether oxygens (including phenoxy) is 1. The highest BCUT2D eigenvalue weighted by atomic mass is 16.5. The number of nitrogens with one attached hydrogen (secondary N) is 1. The number of fused-ring (bicyclic) bond motifs is 1. The van der Waals surface area contributed by atoms with Crippen LogP contribution in [0.25, 0.3) is 22.4 Å². The summed E-state index contributed by atoms with van der Waals surface area (Å²) in [4.78, 5) is 8.04. The minimum atomic E-state index is 0.0619. The summed E-state index contributed by atoms with van der Waals surface area (Å²) in [6, 6.07) is 9.13. The first-order valence-electron chi connectivity index (χ1n) is 10.6. The second-order valence-corrected chi connectivity index (χ2v) is 9.56. The summed E-state index contributed by atoms with van der Waals surface area (Å²) in [5.41, 5.74) is 3.62. The van der Waals surface area contributed by atoms with E-state index in [9.17, 15) is 10.2 Å². The van der Waals surface area contributed by atoms with Crippen molar-refractivity contribution in [1.29, 1.82) is 0 Å². The Morgan fingerprint density at radius 3 is 2.34 bits per heavy atom. The van der Waals surface area contributed by atoms with Gasteiger partial charge in [-0.25, -0.2) is 4.98 Å². The molecular formula is C24H26N2O3. The Balaban J connectivity index is 1.50. The van der Waals surface area contributed by atoms with Gasteiger partial charge in [0.25, 0.3) is 0 Å². The fourth-order valence-corrected chi connectivity index (χ4v) is 6.88. The van der Waals surface area contributed by atoms with Gasteiger partial charge in [0.2, 0.25) is 0 Å². The number of rotatable bonds is 3. The molecule has 5 heteroatoms. The Morgan fingerprint density at radius 2 is 1.69 bits per heavy atom. The Kier molecular flexibility index (Phi) is 3.50. The molecule has 7 rings (SSSR count). The fraction of sp³-hybridized carbons (Fsp3) is 0.458. The van der Waals surface area contributed by atoms with Crippen LogP contribution in [0, 0.1) is 17.8 Å². The quantitative estimate of drug-likeness (QED) is 0.580. The van der Waals surface area contributed by atoms with Crippen LogP contribution in [-0.4, -0.2) is 27.3 Å². The van der Waals surface area contributed by atoms with E-state index < -0.39 is 0 Å². The van der Waals surface area contributed by atoms with E-state index in [2.05, 4.69) is 16.0 Å². The summed E-state index contributed by atoms with van der Waals surface area (Å²) in [5, 5.41) is 20.9. The molecule has 0 radical (unpaired) electrons. The van der Waals surface area contributed by atoms with E-state index in [-0.39, 0.29) is 11.2 Å². The van der Waals surface area contributed by atoms with Gasteiger partial charge >= 0.3 is 0 Å². The average Bonchev–Trinajstić information content (AvgIpc) is 3.10. The normalized spacial score (nSPS) is 30.2. The zero-order chi connectivity index (χ0) is 19.8. The number of aromatic nitrogens is 2. The standard InChI is InChI=1S/C24H26N2O3/c1-29-21-8-16(23-25-19-3-2-17(27)9-20(19)26-23)7-18(22(21)28)24-10-13-4-14(11-24)6-15(5-13)12-24/h2-3,7-9,13-15,27-28H,4-6,10-12H2,1H3,(H,25,26). The molecule has 0 aliphatic heterocycles. The van der Waals surface area contributed by atoms with Crippen molar-refractivity contribution in [3.05, 3.63) is 35.9 Å². The van der Waals surface area contributed by atoms with Crippen molar-refractivity contribution in [1.82, 2.24) is 9.97 Å². The number of hydrogen-bond donors (Lipinski definition) is 3. The first-order valence-corrected chi connectivity index (χ1v) is 10.6. The number of methoxy groups -OCH3 is 1. The molecule has 150 valence electrons. The maximum absolute atomic E-state index is 11.1. The van der Waals surface area contributed by atoms with Crippen LogP contribution in [0.2, 0.25) is 0 Å². The van der Waals surface area contributed by atoms with Crippen molar-refractivity contribution < 1.29 is 14.9 Å². The number of aromatic amines is 1. The lowest BCUT2D eigenvalue weighted by atomic mass is 9.48. The van der Waals surface area contributed by atoms with Crippen LogP contribution >= 0.6 is 0 Å². The van der Waals surface area contributed by atoms with E-state index in [0.717, 1.165) is 45.7 Å². The first-order chi connectivity index (χ1) is 14.0. The topological polar surface area (TPSA) is 78.4 Å². The van der Waals surface area contributed by atoms with Crippen molar-refractivity contribution in [2.24, 2.45) is 17.8 Å². The monoisotopic (exact) mass is 390 g/mol. The maximum atomic E-state index is 11.1. The van der Waals surface area contributed by atoms with Gasteiger partial charge in [0, 0.05) is 17.2 Å². The zero-order valence-electron chi connectivity index (χ0n) is 16.6. The van der Waals surface area contributed by atoms with Gasteiger partial charge < -0.3 is 19.9 Å². The van der Waals surface area contributed by atoms with E-state index in [1.165, 1.54) is 38.5 Å². The van der Waals surface area contributed by atoms with Gasteiger partial charge in [0.1, 0.15) is 11.6 Å².